The smallest absolute Gasteiger partial charge is 0.257 e. The first-order valence-corrected chi connectivity index (χ1v) is 8.77. The molecule has 2 N–H and O–H groups in total. The third-order valence-electron chi connectivity index (χ3n) is 4.20. The van der Waals surface area contributed by atoms with Crippen molar-refractivity contribution in [2.24, 2.45) is 0 Å². The summed E-state index contributed by atoms with van der Waals surface area (Å²) in [4.78, 5) is 28.8. The molecule has 0 spiro atoms. The lowest BCUT2D eigenvalue weighted by Crippen LogP contribution is -2.26. The van der Waals surface area contributed by atoms with Gasteiger partial charge in [0, 0.05) is 24.6 Å². The first kappa shape index (κ1) is 18.3. The van der Waals surface area contributed by atoms with E-state index in [0.29, 0.717) is 17.7 Å². The Morgan fingerprint density at radius 1 is 0.889 bits per heavy atom. The molecule has 0 saturated carbocycles. The predicted octanol–water partition coefficient (Wildman–Crippen LogP) is 3.61. The molecule has 3 rings (SSSR count). The number of para-hydroxylation sites is 1. The Labute approximate surface area is 158 Å². The molecule has 0 radical (unpaired) electrons. The highest BCUT2D eigenvalue weighted by molar-refractivity contribution is 6.06. The second kappa shape index (κ2) is 8.76. The Morgan fingerprint density at radius 2 is 1.56 bits per heavy atom. The zero-order chi connectivity index (χ0) is 19.1. The number of amides is 2. The predicted molar refractivity (Wildman–Crippen MR) is 106 cm³/mol. The summed E-state index contributed by atoms with van der Waals surface area (Å²) in [6.45, 7) is 2.44. The normalized spacial score (nSPS) is 10.3. The van der Waals surface area contributed by atoms with E-state index in [2.05, 4.69) is 15.6 Å². The molecule has 1 aromatic heterocycles. The van der Waals surface area contributed by atoms with Crippen molar-refractivity contribution in [2.45, 2.75) is 13.3 Å². The van der Waals surface area contributed by atoms with Crippen LogP contribution in [0.2, 0.25) is 0 Å². The Balaban J connectivity index is 1.61. The molecule has 3 aromatic rings. The lowest BCUT2D eigenvalue weighted by Gasteiger charge is -2.09. The Morgan fingerprint density at radius 3 is 2.30 bits per heavy atom. The van der Waals surface area contributed by atoms with E-state index in [1.807, 2.05) is 61.5 Å². The number of aryl methyl sites for hydroxylation is 1. The van der Waals surface area contributed by atoms with Crippen LogP contribution < -0.4 is 10.6 Å². The molecule has 0 saturated heterocycles. The van der Waals surface area contributed by atoms with Gasteiger partial charge < -0.3 is 10.6 Å². The zero-order valence-corrected chi connectivity index (χ0v) is 15.1. The first-order chi connectivity index (χ1) is 13.1. The zero-order valence-electron chi connectivity index (χ0n) is 15.1. The molecular weight excluding hydrogens is 338 g/mol. The van der Waals surface area contributed by atoms with Gasteiger partial charge in [-0.15, -0.1) is 0 Å². The quantitative estimate of drug-likeness (QED) is 0.706. The summed E-state index contributed by atoms with van der Waals surface area (Å²) >= 11 is 0. The van der Waals surface area contributed by atoms with Crippen molar-refractivity contribution in [1.82, 2.24) is 10.3 Å². The molecule has 27 heavy (non-hydrogen) atoms. The average molecular weight is 359 g/mol. The number of benzene rings is 2. The molecule has 0 atom stereocenters. The van der Waals surface area contributed by atoms with Gasteiger partial charge in [-0.2, -0.15) is 0 Å². The molecule has 2 aromatic carbocycles. The second-order valence-electron chi connectivity index (χ2n) is 6.22. The van der Waals surface area contributed by atoms with Crippen LogP contribution in [0, 0.1) is 6.92 Å². The van der Waals surface area contributed by atoms with Crippen LogP contribution in [-0.2, 0) is 6.42 Å². The van der Waals surface area contributed by atoms with E-state index >= 15 is 0 Å². The van der Waals surface area contributed by atoms with Gasteiger partial charge in [-0.3, -0.25) is 14.6 Å². The fourth-order valence-corrected chi connectivity index (χ4v) is 2.66. The number of carbonyl (C=O) groups excluding carboxylic acids is 2. The summed E-state index contributed by atoms with van der Waals surface area (Å²) in [6.07, 6.45) is 3.66. The molecular formula is C22H21N3O2. The van der Waals surface area contributed by atoms with Crippen molar-refractivity contribution >= 4 is 17.5 Å². The number of hydrogen-bond donors (Lipinski definition) is 2. The third-order valence-corrected chi connectivity index (χ3v) is 4.20. The van der Waals surface area contributed by atoms with Gasteiger partial charge in [0.25, 0.3) is 11.8 Å². The van der Waals surface area contributed by atoms with Crippen molar-refractivity contribution in [3.05, 3.63) is 95.3 Å². The molecule has 136 valence electrons. The fourth-order valence-electron chi connectivity index (χ4n) is 2.66. The van der Waals surface area contributed by atoms with Crippen LogP contribution in [0.25, 0.3) is 0 Å². The van der Waals surface area contributed by atoms with E-state index in [-0.39, 0.29) is 11.8 Å². The number of pyridine rings is 1. The molecule has 0 unspecified atom stereocenters. The van der Waals surface area contributed by atoms with Crippen LogP contribution in [-0.4, -0.2) is 23.3 Å². The lowest BCUT2D eigenvalue weighted by atomic mass is 10.1. The monoisotopic (exact) mass is 359 g/mol. The Kier molecular flexibility index (Phi) is 5.94. The molecule has 0 aliphatic rings. The van der Waals surface area contributed by atoms with E-state index in [4.69, 9.17) is 0 Å². The molecule has 1 heterocycles. The van der Waals surface area contributed by atoms with Crippen LogP contribution in [0.5, 0.6) is 0 Å². The van der Waals surface area contributed by atoms with Crippen molar-refractivity contribution in [1.29, 1.82) is 0 Å². The minimum atomic E-state index is -0.296. The highest BCUT2D eigenvalue weighted by atomic mass is 16.2. The minimum Gasteiger partial charge on any atom is -0.352 e. The summed E-state index contributed by atoms with van der Waals surface area (Å²) in [5.41, 5.74) is 3.56. The molecule has 0 aliphatic carbocycles. The van der Waals surface area contributed by atoms with Gasteiger partial charge in [0.15, 0.2) is 0 Å². The van der Waals surface area contributed by atoms with E-state index in [1.54, 1.807) is 6.07 Å². The standard InChI is InChI=1S/C22H21N3O2/c1-16-7-5-6-10-20(16)25-22(27)19-13-18(14-23-15-19)21(26)24-12-11-17-8-3-2-4-9-17/h2-10,13-15H,11-12H2,1H3,(H,24,26)(H,25,27). The Bertz CT molecular complexity index is 939. The van der Waals surface area contributed by atoms with Crippen LogP contribution in [0.4, 0.5) is 5.69 Å². The number of hydrogen-bond acceptors (Lipinski definition) is 3. The van der Waals surface area contributed by atoms with Gasteiger partial charge in [-0.05, 0) is 36.6 Å². The number of nitrogens with one attached hydrogen (secondary N) is 2. The summed E-state index contributed by atoms with van der Waals surface area (Å²) in [7, 11) is 0. The summed E-state index contributed by atoms with van der Waals surface area (Å²) in [5.74, 6) is -0.542. The van der Waals surface area contributed by atoms with Gasteiger partial charge in [0.05, 0.1) is 11.1 Å². The summed E-state index contributed by atoms with van der Waals surface area (Å²) in [5, 5.41) is 5.71. The number of carbonyl (C=O) groups is 2. The number of aromatic nitrogens is 1. The van der Waals surface area contributed by atoms with Gasteiger partial charge in [0.1, 0.15) is 0 Å². The molecule has 5 nitrogen and oxygen atoms in total. The summed E-state index contributed by atoms with van der Waals surface area (Å²) in [6, 6.07) is 19.0. The maximum Gasteiger partial charge on any atom is 0.257 e. The van der Waals surface area contributed by atoms with Gasteiger partial charge in [-0.1, -0.05) is 48.5 Å². The fraction of sp³-hybridized carbons (Fsp3) is 0.136. The van der Waals surface area contributed by atoms with E-state index in [0.717, 1.165) is 23.2 Å². The highest BCUT2D eigenvalue weighted by Crippen LogP contribution is 2.15. The maximum atomic E-state index is 12.5. The second-order valence-corrected chi connectivity index (χ2v) is 6.22. The van der Waals surface area contributed by atoms with E-state index in [1.165, 1.54) is 12.4 Å². The van der Waals surface area contributed by atoms with E-state index in [9.17, 15) is 9.59 Å². The highest BCUT2D eigenvalue weighted by Gasteiger charge is 2.12. The van der Waals surface area contributed by atoms with Gasteiger partial charge in [-0.25, -0.2) is 0 Å². The van der Waals surface area contributed by atoms with Crippen molar-refractivity contribution in [3.8, 4) is 0 Å². The molecule has 2 amide bonds. The molecule has 0 aliphatic heterocycles. The molecule has 0 fully saturated rings. The number of nitrogens with zero attached hydrogens (tertiary/aromatic N) is 1. The van der Waals surface area contributed by atoms with Gasteiger partial charge in [0.2, 0.25) is 0 Å². The minimum absolute atomic E-state index is 0.246. The molecule has 0 bridgehead atoms. The van der Waals surface area contributed by atoms with Crippen LogP contribution >= 0.6 is 0 Å². The van der Waals surface area contributed by atoms with Crippen LogP contribution in [0.1, 0.15) is 31.8 Å². The van der Waals surface area contributed by atoms with Crippen LogP contribution in [0.15, 0.2) is 73.1 Å². The topological polar surface area (TPSA) is 71.1 Å². The van der Waals surface area contributed by atoms with Gasteiger partial charge >= 0.3 is 0 Å². The first-order valence-electron chi connectivity index (χ1n) is 8.77. The largest absolute Gasteiger partial charge is 0.352 e. The lowest BCUT2D eigenvalue weighted by molar-refractivity contribution is 0.0953. The maximum absolute atomic E-state index is 12.5. The van der Waals surface area contributed by atoms with Crippen molar-refractivity contribution in [2.75, 3.05) is 11.9 Å². The third kappa shape index (κ3) is 5.01. The van der Waals surface area contributed by atoms with Crippen LogP contribution in [0.3, 0.4) is 0 Å². The van der Waals surface area contributed by atoms with E-state index < -0.39 is 0 Å². The SMILES string of the molecule is Cc1ccccc1NC(=O)c1cncc(C(=O)NCCc2ccccc2)c1. The number of rotatable bonds is 6. The summed E-state index contributed by atoms with van der Waals surface area (Å²) < 4.78 is 0. The Hall–Kier alpha value is -3.47. The number of anilines is 1. The van der Waals surface area contributed by atoms with Crippen molar-refractivity contribution in [3.63, 3.8) is 0 Å². The molecule has 5 heteroatoms. The average Bonchev–Trinajstić information content (AvgIpc) is 2.70. The van der Waals surface area contributed by atoms with Crippen molar-refractivity contribution < 1.29 is 9.59 Å².